The highest BCUT2D eigenvalue weighted by atomic mass is 16.5. The predicted molar refractivity (Wildman–Crippen MR) is 93.3 cm³/mol. The molecule has 2 aromatic carbocycles. The number of aliphatic hydroxyl groups is 1. The summed E-state index contributed by atoms with van der Waals surface area (Å²) in [5.74, 6) is 0. The van der Waals surface area contributed by atoms with E-state index < -0.39 is 0 Å². The van der Waals surface area contributed by atoms with E-state index in [0.717, 1.165) is 12.2 Å². The lowest BCUT2D eigenvalue weighted by atomic mass is 9.96. The number of rotatable bonds is 8. The van der Waals surface area contributed by atoms with Crippen LogP contribution in [0.3, 0.4) is 0 Å². The van der Waals surface area contributed by atoms with Crippen LogP contribution in [0.5, 0.6) is 0 Å². The zero-order chi connectivity index (χ0) is 16.6. The van der Waals surface area contributed by atoms with E-state index in [0.29, 0.717) is 13.0 Å². The molecular formula is C20H22N2O2. The zero-order valence-electron chi connectivity index (χ0n) is 13.6. The van der Waals surface area contributed by atoms with Gasteiger partial charge in [0.05, 0.1) is 11.7 Å². The zero-order valence-corrected chi connectivity index (χ0v) is 13.6. The topological polar surface area (TPSA) is 49.5 Å². The van der Waals surface area contributed by atoms with Crippen LogP contribution >= 0.6 is 0 Å². The molecule has 1 N–H and O–H groups in total. The van der Waals surface area contributed by atoms with Gasteiger partial charge in [-0.1, -0.05) is 65.8 Å². The molecule has 0 aliphatic carbocycles. The maximum atomic E-state index is 9.30. The Morgan fingerprint density at radius 2 is 1.54 bits per heavy atom. The lowest BCUT2D eigenvalue weighted by molar-refractivity contribution is 0.182. The van der Waals surface area contributed by atoms with Gasteiger partial charge in [-0.3, -0.25) is 4.90 Å². The van der Waals surface area contributed by atoms with Crippen molar-refractivity contribution in [2.24, 2.45) is 0 Å². The summed E-state index contributed by atoms with van der Waals surface area (Å²) in [5.41, 5.74) is 3.35. The minimum Gasteiger partial charge on any atom is -0.396 e. The van der Waals surface area contributed by atoms with Gasteiger partial charge in [-0.25, -0.2) is 0 Å². The normalized spacial score (nSPS) is 11.3. The molecule has 1 heterocycles. The summed E-state index contributed by atoms with van der Waals surface area (Å²) >= 11 is 0. The highest BCUT2D eigenvalue weighted by Gasteiger charge is 2.22. The third kappa shape index (κ3) is 4.10. The van der Waals surface area contributed by atoms with Crippen LogP contribution in [-0.2, 0) is 6.54 Å². The van der Waals surface area contributed by atoms with Crippen LogP contribution in [0.15, 0.2) is 77.5 Å². The maximum Gasteiger partial charge on any atom is 0.124 e. The number of aliphatic hydroxyl groups excluding tert-OH is 1. The number of benzene rings is 2. The van der Waals surface area contributed by atoms with E-state index >= 15 is 0 Å². The molecule has 0 atom stereocenters. The lowest BCUT2D eigenvalue weighted by Crippen LogP contribution is -2.31. The Labute approximate surface area is 142 Å². The fourth-order valence-corrected chi connectivity index (χ4v) is 2.99. The summed E-state index contributed by atoms with van der Waals surface area (Å²) in [6.45, 7) is 1.62. The van der Waals surface area contributed by atoms with Gasteiger partial charge in [-0.15, -0.1) is 0 Å². The molecular weight excluding hydrogens is 300 g/mol. The Kier molecular flexibility index (Phi) is 5.77. The Hall–Kier alpha value is -2.43. The monoisotopic (exact) mass is 322 g/mol. The third-order valence-corrected chi connectivity index (χ3v) is 4.06. The molecule has 0 aliphatic heterocycles. The Bertz CT molecular complexity index is 660. The van der Waals surface area contributed by atoms with Crippen LogP contribution in [0, 0.1) is 0 Å². The molecule has 4 heteroatoms. The minimum atomic E-state index is 0.107. The van der Waals surface area contributed by atoms with Crippen molar-refractivity contribution in [2.75, 3.05) is 13.2 Å². The standard InChI is InChI=1S/C20H22N2O2/c23-14-7-13-22(16-19-12-15-24-21-19)20(17-8-3-1-4-9-17)18-10-5-2-6-11-18/h1-6,8-12,15,20,23H,7,13-14,16H2. The Balaban J connectivity index is 1.96. The van der Waals surface area contributed by atoms with Crippen LogP contribution in [0.2, 0.25) is 0 Å². The van der Waals surface area contributed by atoms with Crippen molar-refractivity contribution in [2.45, 2.75) is 19.0 Å². The first-order valence-corrected chi connectivity index (χ1v) is 8.22. The van der Waals surface area contributed by atoms with Gasteiger partial charge in [-0.2, -0.15) is 0 Å². The molecule has 1 aromatic heterocycles. The van der Waals surface area contributed by atoms with Gasteiger partial charge >= 0.3 is 0 Å². The molecule has 124 valence electrons. The Morgan fingerprint density at radius 1 is 0.917 bits per heavy atom. The van der Waals surface area contributed by atoms with Crippen molar-refractivity contribution in [3.8, 4) is 0 Å². The number of hydrogen-bond donors (Lipinski definition) is 1. The minimum absolute atomic E-state index is 0.107. The molecule has 0 radical (unpaired) electrons. The molecule has 0 unspecified atom stereocenters. The highest BCUT2D eigenvalue weighted by Crippen LogP contribution is 2.30. The molecule has 0 spiro atoms. The summed E-state index contributed by atoms with van der Waals surface area (Å²) in [6, 6.07) is 22.9. The van der Waals surface area contributed by atoms with E-state index in [1.54, 1.807) is 6.26 Å². The van der Waals surface area contributed by atoms with Gasteiger partial charge in [0.2, 0.25) is 0 Å². The molecule has 0 aliphatic rings. The summed E-state index contributed by atoms with van der Waals surface area (Å²) in [7, 11) is 0. The first-order chi connectivity index (χ1) is 11.9. The van der Waals surface area contributed by atoms with Crippen LogP contribution in [0.4, 0.5) is 0 Å². The summed E-state index contributed by atoms with van der Waals surface area (Å²) in [6.07, 6.45) is 2.31. The van der Waals surface area contributed by atoms with E-state index in [1.807, 2.05) is 18.2 Å². The summed E-state index contributed by atoms with van der Waals surface area (Å²) < 4.78 is 4.98. The van der Waals surface area contributed by atoms with Crippen LogP contribution in [0.25, 0.3) is 0 Å². The van der Waals surface area contributed by atoms with Gasteiger partial charge < -0.3 is 9.63 Å². The fraction of sp³-hybridized carbons (Fsp3) is 0.250. The molecule has 0 amide bonds. The average molecular weight is 322 g/mol. The van der Waals surface area contributed by atoms with Gasteiger partial charge in [0, 0.05) is 25.8 Å². The van der Waals surface area contributed by atoms with Gasteiger partial charge in [0.1, 0.15) is 6.26 Å². The van der Waals surface area contributed by atoms with E-state index in [2.05, 4.69) is 58.6 Å². The summed E-state index contributed by atoms with van der Waals surface area (Å²) in [5, 5.41) is 13.4. The van der Waals surface area contributed by atoms with Crippen molar-refractivity contribution in [3.63, 3.8) is 0 Å². The van der Waals surface area contributed by atoms with E-state index in [4.69, 9.17) is 4.52 Å². The van der Waals surface area contributed by atoms with Gasteiger partial charge in [-0.05, 0) is 17.5 Å². The Morgan fingerprint density at radius 3 is 2.04 bits per heavy atom. The quantitative estimate of drug-likeness (QED) is 0.688. The van der Waals surface area contributed by atoms with Crippen LogP contribution in [0.1, 0.15) is 29.3 Å². The van der Waals surface area contributed by atoms with Crippen molar-refractivity contribution in [1.29, 1.82) is 0 Å². The second kappa shape index (κ2) is 8.43. The highest BCUT2D eigenvalue weighted by molar-refractivity contribution is 5.32. The molecule has 4 nitrogen and oxygen atoms in total. The first kappa shape index (κ1) is 16.4. The molecule has 24 heavy (non-hydrogen) atoms. The van der Waals surface area contributed by atoms with E-state index in [9.17, 15) is 5.11 Å². The SMILES string of the molecule is OCCCN(Cc1ccon1)C(c1ccccc1)c1ccccc1. The van der Waals surface area contributed by atoms with E-state index in [-0.39, 0.29) is 12.6 Å². The summed E-state index contributed by atoms with van der Waals surface area (Å²) in [4.78, 5) is 2.33. The lowest BCUT2D eigenvalue weighted by Gasteiger charge is -2.32. The first-order valence-electron chi connectivity index (χ1n) is 8.22. The molecule has 3 aromatic rings. The molecule has 0 fully saturated rings. The predicted octanol–water partition coefficient (Wildman–Crippen LogP) is 3.65. The van der Waals surface area contributed by atoms with Crippen LogP contribution in [-0.4, -0.2) is 28.3 Å². The molecule has 3 rings (SSSR count). The smallest absolute Gasteiger partial charge is 0.124 e. The molecule has 0 bridgehead atoms. The van der Waals surface area contributed by atoms with Crippen molar-refractivity contribution < 1.29 is 9.63 Å². The molecule has 0 saturated heterocycles. The number of aromatic nitrogens is 1. The second-order valence-electron chi connectivity index (χ2n) is 5.76. The third-order valence-electron chi connectivity index (χ3n) is 4.06. The fourth-order valence-electron chi connectivity index (χ4n) is 2.99. The van der Waals surface area contributed by atoms with Crippen molar-refractivity contribution >= 4 is 0 Å². The average Bonchev–Trinajstić information content (AvgIpc) is 3.15. The van der Waals surface area contributed by atoms with Crippen molar-refractivity contribution in [3.05, 3.63) is 89.8 Å². The largest absolute Gasteiger partial charge is 0.396 e. The number of nitrogens with zero attached hydrogens (tertiary/aromatic N) is 2. The maximum absolute atomic E-state index is 9.30. The number of hydrogen-bond acceptors (Lipinski definition) is 4. The van der Waals surface area contributed by atoms with Crippen molar-refractivity contribution in [1.82, 2.24) is 10.1 Å². The van der Waals surface area contributed by atoms with E-state index in [1.165, 1.54) is 11.1 Å². The van der Waals surface area contributed by atoms with Gasteiger partial charge in [0.25, 0.3) is 0 Å². The van der Waals surface area contributed by atoms with Crippen LogP contribution < -0.4 is 0 Å². The van der Waals surface area contributed by atoms with Gasteiger partial charge in [0.15, 0.2) is 0 Å². The second-order valence-corrected chi connectivity index (χ2v) is 5.76. The molecule has 0 saturated carbocycles.